The standard InChI is InChI=1S/C13H15FN4/c1-8-7-10(3-4-11(8)14)13-17-9(2)16-12(18-13)5-6-15/h3-4,7H,5-6,15H2,1-2H3. The van der Waals surface area contributed by atoms with E-state index in [4.69, 9.17) is 5.73 Å². The number of nitrogens with two attached hydrogens (primary N) is 1. The van der Waals surface area contributed by atoms with Gasteiger partial charge in [0.2, 0.25) is 0 Å². The molecule has 0 radical (unpaired) electrons. The van der Waals surface area contributed by atoms with Crippen LogP contribution in [0.5, 0.6) is 0 Å². The maximum atomic E-state index is 13.2. The second kappa shape index (κ2) is 5.18. The second-order valence-electron chi connectivity index (χ2n) is 4.13. The first kappa shape index (κ1) is 12.6. The third kappa shape index (κ3) is 2.68. The Balaban J connectivity index is 2.46. The molecule has 0 aliphatic heterocycles. The summed E-state index contributed by atoms with van der Waals surface area (Å²) >= 11 is 0. The van der Waals surface area contributed by atoms with Crippen LogP contribution >= 0.6 is 0 Å². The van der Waals surface area contributed by atoms with Gasteiger partial charge in [0.25, 0.3) is 0 Å². The maximum absolute atomic E-state index is 13.2. The van der Waals surface area contributed by atoms with E-state index in [1.165, 1.54) is 6.07 Å². The zero-order valence-electron chi connectivity index (χ0n) is 10.4. The number of aromatic nitrogens is 3. The summed E-state index contributed by atoms with van der Waals surface area (Å²) in [6.45, 7) is 4.01. The Bertz CT molecular complexity index is 569. The summed E-state index contributed by atoms with van der Waals surface area (Å²) < 4.78 is 13.2. The molecule has 1 aromatic heterocycles. The Morgan fingerprint density at radius 2 is 1.94 bits per heavy atom. The van der Waals surface area contributed by atoms with Gasteiger partial charge in [-0.25, -0.2) is 19.3 Å². The van der Waals surface area contributed by atoms with Gasteiger partial charge >= 0.3 is 0 Å². The fourth-order valence-corrected chi connectivity index (χ4v) is 1.69. The Morgan fingerprint density at radius 1 is 1.17 bits per heavy atom. The van der Waals surface area contributed by atoms with E-state index in [0.29, 0.717) is 36.0 Å². The Morgan fingerprint density at radius 3 is 2.61 bits per heavy atom. The largest absolute Gasteiger partial charge is 0.330 e. The fourth-order valence-electron chi connectivity index (χ4n) is 1.69. The van der Waals surface area contributed by atoms with Crippen molar-refractivity contribution in [3.63, 3.8) is 0 Å². The third-order valence-electron chi connectivity index (χ3n) is 2.58. The molecule has 0 saturated carbocycles. The van der Waals surface area contributed by atoms with E-state index in [1.54, 1.807) is 19.1 Å². The highest BCUT2D eigenvalue weighted by Gasteiger charge is 2.07. The van der Waals surface area contributed by atoms with Gasteiger partial charge in [-0.3, -0.25) is 0 Å². The number of hydrogen-bond acceptors (Lipinski definition) is 4. The summed E-state index contributed by atoms with van der Waals surface area (Å²) in [5, 5.41) is 0. The van der Waals surface area contributed by atoms with E-state index in [1.807, 2.05) is 6.92 Å². The maximum Gasteiger partial charge on any atom is 0.163 e. The molecule has 0 amide bonds. The number of rotatable bonds is 3. The van der Waals surface area contributed by atoms with Crippen molar-refractivity contribution in [3.05, 3.63) is 41.2 Å². The Hall–Kier alpha value is -1.88. The molecule has 18 heavy (non-hydrogen) atoms. The number of nitrogens with zero attached hydrogens (tertiary/aromatic N) is 3. The zero-order valence-corrected chi connectivity index (χ0v) is 10.4. The summed E-state index contributed by atoms with van der Waals surface area (Å²) in [6, 6.07) is 4.83. The molecular weight excluding hydrogens is 231 g/mol. The van der Waals surface area contributed by atoms with Gasteiger partial charge in [0.15, 0.2) is 5.82 Å². The number of hydrogen-bond donors (Lipinski definition) is 1. The highest BCUT2D eigenvalue weighted by Crippen LogP contribution is 2.18. The molecule has 1 aromatic carbocycles. The van der Waals surface area contributed by atoms with Gasteiger partial charge in [-0.15, -0.1) is 0 Å². The highest BCUT2D eigenvalue weighted by atomic mass is 19.1. The third-order valence-corrected chi connectivity index (χ3v) is 2.58. The number of halogens is 1. The fraction of sp³-hybridized carbons (Fsp3) is 0.308. The molecule has 2 aromatic rings. The van der Waals surface area contributed by atoms with E-state index < -0.39 is 0 Å². The molecule has 0 bridgehead atoms. The predicted octanol–water partition coefficient (Wildman–Crippen LogP) is 1.80. The first-order valence-electron chi connectivity index (χ1n) is 5.78. The molecule has 4 nitrogen and oxygen atoms in total. The molecule has 0 unspecified atom stereocenters. The lowest BCUT2D eigenvalue weighted by Crippen LogP contribution is -2.09. The first-order valence-corrected chi connectivity index (χ1v) is 5.78. The van der Waals surface area contributed by atoms with Gasteiger partial charge in [-0.2, -0.15) is 0 Å². The van der Waals surface area contributed by atoms with Crippen LogP contribution in [0.2, 0.25) is 0 Å². The topological polar surface area (TPSA) is 64.7 Å². The normalized spacial score (nSPS) is 10.7. The molecule has 2 N–H and O–H groups in total. The lowest BCUT2D eigenvalue weighted by Gasteiger charge is -2.05. The summed E-state index contributed by atoms with van der Waals surface area (Å²) in [7, 11) is 0. The van der Waals surface area contributed by atoms with Crippen molar-refractivity contribution >= 4 is 0 Å². The van der Waals surface area contributed by atoms with Crippen LogP contribution in [0.3, 0.4) is 0 Å². The van der Waals surface area contributed by atoms with Crippen LogP contribution in [-0.2, 0) is 6.42 Å². The average Bonchev–Trinajstić information content (AvgIpc) is 2.32. The highest BCUT2D eigenvalue weighted by molar-refractivity contribution is 5.56. The molecule has 0 aliphatic rings. The molecule has 0 saturated heterocycles. The smallest absolute Gasteiger partial charge is 0.163 e. The molecule has 1 heterocycles. The van der Waals surface area contributed by atoms with Crippen LogP contribution < -0.4 is 5.73 Å². The monoisotopic (exact) mass is 246 g/mol. The Kier molecular flexibility index (Phi) is 3.62. The van der Waals surface area contributed by atoms with Crippen LogP contribution in [0.15, 0.2) is 18.2 Å². The van der Waals surface area contributed by atoms with Crippen LogP contribution in [0, 0.1) is 19.7 Å². The van der Waals surface area contributed by atoms with E-state index in [9.17, 15) is 4.39 Å². The van der Waals surface area contributed by atoms with E-state index >= 15 is 0 Å². The molecule has 0 atom stereocenters. The lowest BCUT2D eigenvalue weighted by molar-refractivity contribution is 0.618. The minimum absolute atomic E-state index is 0.230. The van der Waals surface area contributed by atoms with Crippen molar-refractivity contribution in [3.8, 4) is 11.4 Å². The van der Waals surface area contributed by atoms with E-state index in [2.05, 4.69) is 15.0 Å². The van der Waals surface area contributed by atoms with Gasteiger partial charge in [0.1, 0.15) is 17.5 Å². The van der Waals surface area contributed by atoms with Crippen molar-refractivity contribution in [2.45, 2.75) is 20.3 Å². The van der Waals surface area contributed by atoms with Crippen molar-refractivity contribution in [1.29, 1.82) is 0 Å². The first-order chi connectivity index (χ1) is 8.60. The minimum Gasteiger partial charge on any atom is -0.330 e. The summed E-state index contributed by atoms with van der Waals surface area (Å²) in [4.78, 5) is 12.8. The van der Waals surface area contributed by atoms with E-state index in [-0.39, 0.29) is 5.82 Å². The predicted molar refractivity (Wildman–Crippen MR) is 67.5 cm³/mol. The van der Waals surface area contributed by atoms with Crippen molar-refractivity contribution in [2.75, 3.05) is 6.54 Å². The van der Waals surface area contributed by atoms with E-state index in [0.717, 1.165) is 5.56 Å². The van der Waals surface area contributed by atoms with Gasteiger partial charge < -0.3 is 5.73 Å². The van der Waals surface area contributed by atoms with Crippen LogP contribution in [-0.4, -0.2) is 21.5 Å². The van der Waals surface area contributed by atoms with Crippen molar-refractivity contribution < 1.29 is 4.39 Å². The van der Waals surface area contributed by atoms with Gasteiger partial charge in [-0.1, -0.05) is 0 Å². The quantitative estimate of drug-likeness (QED) is 0.896. The SMILES string of the molecule is Cc1nc(CCN)nc(-c2ccc(F)c(C)c2)n1. The number of benzene rings is 1. The van der Waals surface area contributed by atoms with Crippen molar-refractivity contribution in [1.82, 2.24) is 15.0 Å². The molecule has 0 fully saturated rings. The summed E-state index contributed by atoms with van der Waals surface area (Å²) in [6.07, 6.45) is 0.608. The van der Waals surface area contributed by atoms with Crippen LogP contribution in [0.25, 0.3) is 11.4 Å². The zero-order chi connectivity index (χ0) is 13.1. The van der Waals surface area contributed by atoms with Crippen LogP contribution in [0.4, 0.5) is 4.39 Å². The van der Waals surface area contributed by atoms with Crippen LogP contribution in [0.1, 0.15) is 17.2 Å². The lowest BCUT2D eigenvalue weighted by atomic mass is 10.1. The van der Waals surface area contributed by atoms with Gasteiger partial charge in [-0.05, 0) is 44.2 Å². The summed E-state index contributed by atoms with van der Waals surface area (Å²) in [5.41, 5.74) is 6.86. The molecule has 0 spiro atoms. The average molecular weight is 246 g/mol. The van der Waals surface area contributed by atoms with Gasteiger partial charge in [0, 0.05) is 12.0 Å². The molecule has 5 heteroatoms. The molecule has 0 aliphatic carbocycles. The van der Waals surface area contributed by atoms with Crippen molar-refractivity contribution in [2.24, 2.45) is 5.73 Å². The second-order valence-corrected chi connectivity index (χ2v) is 4.13. The molecule has 2 rings (SSSR count). The van der Waals surface area contributed by atoms with Gasteiger partial charge in [0.05, 0.1) is 0 Å². The summed E-state index contributed by atoms with van der Waals surface area (Å²) in [5.74, 6) is 1.65. The molecule has 94 valence electrons. The number of aryl methyl sites for hydroxylation is 2. The Labute approximate surface area is 105 Å². The molecular formula is C13H15FN4. The minimum atomic E-state index is -0.230.